The molecule has 0 saturated heterocycles. The Labute approximate surface area is 49.8 Å². The molecule has 0 unspecified atom stereocenters. The second-order valence-corrected chi connectivity index (χ2v) is 2.65. The smallest absolute Gasteiger partial charge is 0.113 e. The summed E-state index contributed by atoms with van der Waals surface area (Å²) in [6.07, 6.45) is 0. The van der Waals surface area contributed by atoms with Crippen LogP contribution < -0.4 is 0 Å². The van der Waals surface area contributed by atoms with Gasteiger partial charge < -0.3 is 4.74 Å². The molecule has 0 bridgehead atoms. The van der Waals surface area contributed by atoms with E-state index in [0.29, 0.717) is 0 Å². The van der Waals surface area contributed by atoms with Crippen LogP contribution in [0.3, 0.4) is 0 Å². The van der Waals surface area contributed by atoms with Gasteiger partial charge >= 0.3 is 0 Å². The molecule has 0 amide bonds. The van der Waals surface area contributed by atoms with Crippen molar-refractivity contribution in [3.05, 3.63) is 0 Å². The van der Waals surface area contributed by atoms with E-state index in [1.54, 1.807) is 0 Å². The number of hydrogen-bond donors (Lipinski definition) is 0. The molecule has 1 nitrogen and oxygen atoms in total. The highest BCUT2D eigenvalue weighted by atomic mass is 19.1. The summed E-state index contributed by atoms with van der Waals surface area (Å²) in [5, 5.41) is 0. The van der Waals surface area contributed by atoms with Gasteiger partial charge in [0.25, 0.3) is 0 Å². The molecule has 0 radical (unpaired) electrons. The fraction of sp³-hybridized carbons (Fsp3) is 1.00. The van der Waals surface area contributed by atoms with Crippen LogP contribution >= 0.6 is 0 Å². The third kappa shape index (κ3) is 5.89. The van der Waals surface area contributed by atoms with E-state index in [2.05, 4.69) is 0 Å². The first kappa shape index (κ1) is 7.89. The summed E-state index contributed by atoms with van der Waals surface area (Å²) in [6, 6.07) is 0. The number of hydrogen-bond acceptors (Lipinski definition) is 1. The molecule has 0 rings (SSSR count). The van der Waals surface area contributed by atoms with Crippen molar-refractivity contribution in [2.75, 3.05) is 13.3 Å². The second kappa shape index (κ2) is 3.02. The Morgan fingerprint density at radius 2 is 1.88 bits per heavy atom. The monoisotopic (exact) mass is 120 g/mol. The maximum Gasteiger partial charge on any atom is 0.113 e. The van der Waals surface area contributed by atoms with E-state index in [1.807, 2.05) is 20.8 Å². The first-order chi connectivity index (χ1) is 3.56. The summed E-state index contributed by atoms with van der Waals surface area (Å²) in [7, 11) is 0. The molecule has 0 N–H and O–H groups in total. The summed E-state index contributed by atoms with van der Waals surface area (Å²) in [4.78, 5) is 0. The number of halogens is 1. The first-order valence-corrected chi connectivity index (χ1v) is 2.76. The number of ether oxygens (including phenoxy) is 1. The Morgan fingerprint density at radius 1 is 1.38 bits per heavy atom. The van der Waals surface area contributed by atoms with Crippen LogP contribution in [0.4, 0.5) is 4.39 Å². The molecule has 0 aromatic rings. The Hall–Kier alpha value is -0.110. The van der Waals surface area contributed by atoms with E-state index < -0.39 is 6.67 Å². The molecule has 0 spiro atoms. The quantitative estimate of drug-likeness (QED) is 0.539. The van der Waals surface area contributed by atoms with E-state index in [9.17, 15) is 4.39 Å². The summed E-state index contributed by atoms with van der Waals surface area (Å²) in [6.45, 7) is 5.54. The van der Waals surface area contributed by atoms with Gasteiger partial charge in [0.15, 0.2) is 0 Å². The molecule has 0 aromatic heterocycles. The minimum Gasteiger partial charge on any atom is -0.373 e. The highest BCUT2D eigenvalue weighted by molar-refractivity contribution is 4.57. The molecular weight excluding hydrogens is 107 g/mol. The predicted molar refractivity (Wildman–Crippen MR) is 31.7 cm³/mol. The van der Waals surface area contributed by atoms with Crippen molar-refractivity contribution in [1.29, 1.82) is 0 Å². The third-order valence-electron chi connectivity index (χ3n) is 0.612. The van der Waals surface area contributed by atoms with Crippen molar-refractivity contribution in [1.82, 2.24) is 0 Å². The molecule has 0 aliphatic heterocycles. The fourth-order valence-electron chi connectivity index (χ4n) is 0.345. The average molecular weight is 120 g/mol. The van der Waals surface area contributed by atoms with Crippen LogP contribution in [0, 0.1) is 0 Å². The third-order valence-corrected chi connectivity index (χ3v) is 0.612. The summed E-state index contributed by atoms with van der Waals surface area (Å²) >= 11 is 0. The zero-order valence-electron chi connectivity index (χ0n) is 5.70. The van der Waals surface area contributed by atoms with Gasteiger partial charge in [0.1, 0.15) is 6.67 Å². The second-order valence-electron chi connectivity index (χ2n) is 2.65. The largest absolute Gasteiger partial charge is 0.373 e. The lowest BCUT2D eigenvalue weighted by Crippen LogP contribution is -2.20. The van der Waals surface area contributed by atoms with E-state index in [4.69, 9.17) is 4.74 Å². The van der Waals surface area contributed by atoms with Crippen molar-refractivity contribution in [3.8, 4) is 0 Å². The van der Waals surface area contributed by atoms with Crippen LogP contribution in [0.2, 0.25) is 0 Å². The van der Waals surface area contributed by atoms with Crippen molar-refractivity contribution >= 4 is 0 Å². The minimum atomic E-state index is -0.392. The minimum absolute atomic E-state index is 0.188. The van der Waals surface area contributed by atoms with Gasteiger partial charge in [-0.2, -0.15) is 0 Å². The SMILES string of the molecule is CC(C)(C)OCCF. The molecule has 0 aliphatic carbocycles. The molecule has 0 aromatic carbocycles. The Bertz CT molecular complexity index is 56.0. The number of rotatable bonds is 2. The molecule has 2 heteroatoms. The Balaban J connectivity index is 3.11. The molecular formula is C6H13FO. The van der Waals surface area contributed by atoms with E-state index in [1.165, 1.54) is 0 Å². The van der Waals surface area contributed by atoms with Crippen LogP contribution in [0.1, 0.15) is 20.8 Å². The van der Waals surface area contributed by atoms with Gasteiger partial charge in [-0.05, 0) is 20.8 Å². The zero-order valence-corrected chi connectivity index (χ0v) is 5.70. The van der Waals surface area contributed by atoms with Crippen molar-refractivity contribution < 1.29 is 9.13 Å². The molecule has 0 aliphatic rings. The van der Waals surface area contributed by atoms with Gasteiger partial charge in [0.05, 0.1) is 12.2 Å². The van der Waals surface area contributed by atoms with Gasteiger partial charge in [-0.25, -0.2) is 4.39 Å². The fourth-order valence-corrected chi connectivity index (χ4v) is 0.345. The van der Waals surface area contributed by atoms with Crippen LogP contribution in [0.15, 0.2) is 0 Å². The summed E-state index contributed by atoms with van der Waals surface area (Å²) in [5.74, 6) is 0. The molecule has 0 atom stereocenters. The average Bonchev–Trinajstić information content (AvgIpc) is 1.59. The standard InChI is InChI=1S/C6H13FO/c1-6(2,3)8-5-4-7/h4-5H2,1-3H3. The van der Waals surface area contributed by atoms with Gasteiger partial charge in [-0.1, -0.05) is 0 Å². The number of alkyl halides is 1. The Morgan fingerprint density at radius 3 is 2.00 bits per heavy atom. The maximum atomic E-state index is 11.4. The van der Waals surface area contributed by atoms with Crippen LogP contribution in [0.25, 0.3) is 0 Å². The zero-order chi connectivity index (χ0) is 6.62. The van der Waals surface area contributed by atoms with Gasteiger partial charge in [0.2, 0.25) is 0 Å². The lowest BCUT2D eigenvalue weighted by molar-refractivity contribution is -0.00902. The van der Waals surface area contributed by atoms with Crippen LogP contribution in [-0.2, 0) is 4.74 Å². The highest BCUT2D eigenvalue weighted by Gasteiger charge is 2.07. The lowest BCUT2D eigenvalue weighted by atomic mass is 10.2. The van der Waals surface area contributed by atoms with Crippen molar-refractivity contribution in [2.45, 2.75) is 26.4 Å². The molecule has 0 saturated carbocycles. The first-order valence-electron chi connectivity index (χ1n) is 2.76. The molecule has 50 valence electrons. The highest BCUT2D eigenvalue weighted by Crippen LogP contribution is 2.05. The molecule has 8 heavy (non-hydrogen) atoms. The normalized spacial score (nSPS) is 12.0. The predicted octanol–water partition coefficient (Wildman–Crippen LogP) is 1.77. The van der Waals surface area contributed by atoms with Crippen molar-refractivity contribution in [3.63, 3.8) is 0 Å². The summed E-state index contributed by atoms with van der Waals surface area (Å²) in [5.41, 5.74) is -0.188. The Kier molecular flexibility index (Phi) is 2.98. The molecule has 0 heterocycles. The lowest BCUT2D eigenvalue weighted by Gasteiger charge is -2.17. The van der Waals surface area contributed by atoms with E-state index >= 15 is 0 Å². The van der Waals surface area contributed by atoms with Gasteiger partial charge in [-0.15, -0.1) is 0 Å². The topological polar surface area (TPSA) is 9.23 Å². The van der Waals surface area contributed by atoms with E-state index in [-0.39, 0.29) is 12.2 Å². The van der Waals surface area contributed by atoms with Crippen LogP contribution in [0.5, 0.6) is 0 Å². The van der Waals surface area contributed by atoms with E-state index in [0.717, 1.165) is 0 Å². The van der Waals surface area contributed by atoms with Crippen molar-refractivity contribution in [2.24, 2.45) is 0 Å². The van der Waals surface area contributed by atoms with Crippen LogP contribution in [-0.4, -0.2) is 18.9 Å². The van der Waals surface area contributed by atoms with Gasteiger partial charge in [-0.3, -0.25) is 0 Å². The summed E-state index contributed by atoms with van der Waals surface area (Å²) < 4.78 is 16.4. The van der Waals surface area contributed by atoms with Gasteiger partial charge in [0, 0.05) is 0 Å². The molecule has 0 fully saturated rings. The maximum absolute atomic E-state index is 11.4.